The van der Waals surface area contributed by atoms with Crippen molar-refractivity contribution < 1.29 is 4.79 Å². The SMILES string of the molecule is Cc1nccn1-c1ccc(N2CCCC(C(=O)N(Cc3ccccc3)Cc3ccccc3)C2)nn1. The topological polar surface area (TPSA) is 67.2 Å². The van der Waals surface area contributed by atoms with Crippen molar-refractivity contribution in [3.8, 4) is 5.82 Å². The van der Waals surface area contributed by atoms with E-state index in [1.54, 1.807) is 6.20 Å². The molecule has 1 aliphatic heterocycles. The minimum atomic E-state index is -0.0754. The lowest BCUT2D eigenvalue weighted by molar-refractivity contribution is -0.137. The van der Waals surface area contributed by atoms with Crippen LogP contribution in [0.15, 0.2) is 85.2 Å². The van der Waals surface area contributed by atoms with Crippen molar-refractivity contribution in [2.24, 2.45) is 5.92 Å². The maximum absolute atomic E-state index is 13.8. The Morgan fingerprint density at radius 1 is 0.914 bits per heavy atom. The number of aryl methyl sites for hydroxylation is 1. The predicted octanol–water partition coefficient (Wildman–Crippen LogP) is 4.42. The van der Waals surface area contributed by atoms with E-state index in [0.717, 1.165) is 48.0 Å². The van der Waals surface area contributed by atoms with Crippen LogP contribution in [0.25, 0.3) is 5.82 Å². The van der Waals surface area contributed by atoms with Gasteiger partial charge in [-0.1, -0.05) is 60.7 Å². The van der Waals surface area contributed by atoms with Crippen LogP contribution in [0, 0.1) is 12.8 Å². The summed E-state index contributed by atoms with van der Waals surface area (Å²) in [5, 5.41) is 8.89. The molecule has 7 heteroatoms. The Balaban J connectivity index is 1.31. The zero-order chi connectivity index (χ0) is 24.0. The third-order valence-electron chi connectivity index (χ3n) is 6.55. The molecule has 1 atom stereocenters. The fourth-order valence-electron chi connectivity index (χ4n) is 4.70. The molecule has 1 saturated heterocycles. The van der Waals surface area contributed by atoms with Crippen LogP contribution in [0.2, 0.25) is 0 Å². The number of amides is 1. The van der Waals surface area contributed by atoms with Crippen molar-refractivity contribution in [3.05, 3.63) is 102 Å². The Bertz CT molecular complexity index is 1200. The summed E-state index contributed by atoms with van der Waals surface area (Å²) in [4.78, 5) is 22.2. The van der Waals surface area contributed by atoms with Crippen molar-refractivity contribution in [2.75, 3.05) is 18.0 Å². The Kier molecular flexibility index (Phi) is 6.84. The van der Waals surface area contributed by atoms with Crippen molar-refractivity contribution >= 4 is 11.7 Å². The number of imidazole rings is 1. The molecule has 0 spiro atoms. The number of carbonyl (C=O) groups is 1. The Hall–Kier alpha value is -4.00. The van der Waals surface area contributed by atoms with Crippen LogP contribution in [-0.4, -0.2) is 43.6 Å². The second-order valence-electron chi connectivity index (χ2n) is 9.04. The van der Waals surface area contributed by atoms with E-state index in [-0.39, 0.29) is 11.8 Å². The number of rotatable bonds is 7. The monoisotopic (exact) mass is 466 g/mol. The van der Waals surface area contributed by atoms with Crippen molar-refractivity contribution in [1.29, 1.82) is 0 Å². The van der Waals surface area contributed by atoms with Gasteiger partial charge in [0.15, 0.2) is 11.6 Å². The van der Waals surface area contributed by atoms with Gasteiger partial charge in [-0.3, -0.25) is 9.36 Å². The number of nitrogens with zero attached hydrogens (tertiary/aromatic N) is 6. The van der Waals surface area contributed by atoms with Gasteiger partial charge in [-0.15, -0.1) is 10.2 Å². The fourth-order valence-corrected chi connectivity index (χ4v) is 4.70. The number of carbonyl (C=O) groups excluding carboxylic acids is 1. The summed E-state index contributed by atoms with van der Waals surface area (Å²) in [7, 11) is 0. The van der Waals surface area contributed by atoms with Gasteiger partial charge in [-0.2, -0.15) is 0 Å². The highest BCUT2D eigenvalue weighted by molar-refractivity contribution is 5.79. The molecule has 5 rings (SSSR count). The third-order valence-corrected chi connectivity index (χ3v) is 6.55. The average Bonchev–Trinajstić information content (AvgIpc) is 3.35. The largest absolute Gasteiger partial charge is 0.354 e. The van der Waals surface area contributed by atoms with E-state index in [9.17, 15) is 4.79 Å². The molecule has 0 aliphatic carbocycles. The van der Waals surface area contributed by atoms with Crippen LogP contribution in [0.3, 0.4) is 0 Å². The van der Waals surface area contributed by atoms with E-state index in [4.69, 9.17) is 0 Å². The van der Waals surface area contributed by atoms with Crippen molar-refractivity contribution in [3.63, 3.8) is 0 Å². The van der Waals surface area contributed by atoms with E-state index in [0.29, 0.717) is 19.6 Å². The molecular weight excluding hydrogens is 436 g/mol. The summed E-state index contributed by atoms with van der Waals surface area (Å²) >= 11 is 0. The molecule has 3 heterocycles. The summed E-state index contributed by atoms with van der Waals surface area (Å²) in [6, 6.07) is 24.4. The molecule has 2 aromatic heterocycles. The zero-order valence-electron chi connectivity index (χ0n) is 20.0. The van der Waals surface area contributed by atoms with Crippen molar-refractivity contribution in [2.45, 2.75) is 32.9 Å². The van der Waals surface area contributed by atoms with Crippen LogP contribution in [0.4, 0.5) is 5.82 Å². The summed E-state index contributed by atoms with van der Waals surface area (Å²) in [5.74, 6) is 2.54. The second kappa shape index (κ2) is 10.5. The van der Waals surface area contributed by atoms with Gasteiger partial charge < -0.3 is 9.80 Å². The molecule has 0 N–H and O–H groups in total. The number of hydrogen-bond acceptors (Lipinski definition) is 5. The van der Waals surface area contributed by atoms with Gasteiger partial charge in [0.05, 0.1) is 5.92 Å². The molecule has 35 heavy (non-hydrogen) atoms. The van der Waals surface area contributed by atoms with Gasteiger partial charge in [0, 0.05) is 38.6 Å². The van der Waals surface area contributed by atoms with E-state index in [2.05, 4.69) is 44.3 Å². The van der Waals surface area contributed by atoms with E-state index in [1.165, 1.54) is 0 Å². The molecule has 1 unspecified atom stereocenters. The quantitative estimate of drug-likeness (QED) is 0.403. The van der Waals surface area contributed by atoms with Crippen LogP contribution in [0.1, 0.15) is 29.8 Å². The molecule has 7 nitrogen and oxygen atoms in total. The first-order valence-electron chi connectivity index (χ1n) is 12.1. The molecule has 0 saturated carbocycles. The van der Waals surface area contributed by atoms with E-state index >= 15 is 0 Å². The molecule has 178 valence electrons. The first kappa shape index (κ1) is 22.8. The standard InChI is InChI=1S/C28H30N6O/c1-22-29-16-18-34(22)27-15-14-26(30-31-27)32-17-8-13-25(21-32)28(35)33(19-23-9-4-2-5-10-23)20-24-11-6-3-7-12-24/h2-7,9-12,14-16,18,25H,8,13,17,19-21H2,1H3. The number of piperidine rings is 1. The van der Waals surface area contributed by atoms with E-state index in [1.807, 2.05) is 71.1 Å². The highest BCUT2D eigenvalue weighted by Crippen LogP contribution is 2.25. The maximum Gasteiger partial charge on any atom is 0.228 e. The summed E-state index contributed by atoms with van der Waals surface area (Å²) in [5.41, 5.74) is 2.28. The van der Waals surface area contributed by atoms with Gasteiger partial charge in [0.25, 0.3) is 0 Å². The van der Waals surface area contributed by atoms with Gasteiger partial charge in [0.2, 0.25) is 5.91 Å². The molecule has 1 fully saturated rings. The average molecular weight is 467 g/mol. The molecular formula is C28H30N6O. The Morgan fingerprint density at radius 2 is 1.54 bits per heavy atom. The number of aromatic nitrogens is 4. The van der Waals surface area contributed by atoms with Gasteiger partial charge in [-0.05, 0) is 43.0 Å². The molecule has 2 aromatic carbocycles. The van der Waals surface area contributed by atoms with Crippen LogP contribution < -0.4 is 4.90 Å². The lowest BCUT2D eigenvalue weighted by Crippen LogP contribution is -2.44. The predicted molar refractivity (Wildman–Crippen MR) is 136 cm³/mol. The highest BCUT2D eigenvalue weighted by Gasteiger charge is 2.30. The molecule has 1 amide bonds. The number of benzene rings is 2. The summed E-state index contributed by atoms with van der Waals surface area (Å²) < 4.78 is 1.91. The Labute approximate surface area is 206 Å². The van der Waals surface area contributed by atoms with Gasteiger partial charge in [0.1, 0.15) is 5.82 Å². The van der Waals surface area contributed by atoms with Crippen LogP contribution in [-0.2, 0) is 17.9 Å². The molecule has 1 aliphatic rings. The normalized spacial score (nSPS) is 15.7. The third kappa shape index (κ3) is 5.40. The zero-order valence-corrected chi connectivity index (χ0v) is 20.0. The number of hydrogen-bond donors (Lipinski definition) is 0. The van der Waals surface area contributed by atoms with Gasteiger partial charge >= 0.3 is 0 Å². The van der Waals surface area contributed by atoms with Gasteiger partial charge in [-0.25, -0.2) is 4.98 Å². The molecule has 0 bridgehead atoms. The van der Waals surface area contributed by atoms with Crippen LogP contribution >= 0.6 is 0 Å². The van der Waals surface area contributed by atoms with Crippen molar-refractivity contribution in [1.82, 2.24) is 24.6 Å². The smallest absolute Gasteiger partial charge is 0.228 e. The number of anilines is 1. The first-order valence-corrected chi connectivity index (χ1v) is 12.1. The first-order chi connectivity index (χ1) is 17.2. The summed E-state index contributed by atoms with van der Waals surface area (Å²) in [6.45, 7) is 4.66. The highest BCUT2D eigenvalue weighted by atomic mass is 16.2. The van der Waals surface area contributed by atoms with Crippen LogP contribution in [0.5, 0.6) is 0 Å². The summed E-state index contributed by atoms with van der Waals surface area (Å²) in [6.07, 6.45) is 5.46. The molecule has 0 radical (unpaired) electrons. The maximum atomic E-state index is 13.8. The minimum Gasteiger partial charge on any atom is -0.354 e. The Morgan fingerprint density at radius 3 is 2.11 bits per heavy atom. The van der Waals surface area contributed by atoms with E-state index < -0.39 is 0 Å². The second-order valence-corrected chi connectivity index (χ2v) is 9.04. The lowest BCUT2D eigenvalue weighted by atomic mass is 9.96. The molecule has 4 aromatic rings. The minimum absolute atomic E-state index is 0.0754. The fraction of sp³-hybridized carbons (Fsp3) is 0.286. The lowest BCUT2D eigenvalue weighted by Gasteiger charge is -2.35.